The van der Waals surface area contributed by atoms with Gasteiger partial charge in [0.2, 0.25) is 10.0 Å². The van der Waals surface area contributed by atoms with Crippen LogP contribution in [0.2, 0.25) is 0 Å². The number of carbonyl (C=O) groups excluding carboxylic acids is 1. The minimum atomic E-state index is -3.60. The van der Waals surface area contributed by atoms with E-state index in [2.05, 4.69) is 4.72 Å². The Bertz CT molecular complexity index is 700. The van der Waals surface area contributed by atoms with Gasteiger partial charge < -0.3 is 9.64 Å². The number of hydrogen-bond donors (Lipinski definition) is 1. The average molecular weight is 340 g/mol. The molecule has 0 spiro atoms. The van der Waals surface area contributed by atoms with Gasteiger partial charge in [0, 0.05) is 18.7 Å². The van der Waals surface area contributed by atoms with Crippen molar-refractivity contribution in [3.8, 4) is 0 Å². The molecule has 0 aliphatic carbocycles. The molecule has 0 bridgehead atoms. The van der Waals surface area contributed by atoms with Gasteiger partial charge in [0.15, 0.2) is 0 Å². The summed E-state index contributed by atoms with van der Waals surface area (Å²) in [6.07, 6.45) is 0.885. The summed E-state index contributed by atoms with van der Waals surface area (Å²) in [5.41, 5.74) is 1.84. The van der Waals surface area contributed by atoms with Crippen LogP contribution < -0.4 is 4.72 Å². The summed E-state index contributed by atoms with van der Waals surface area (Å²) in [5, 5.41) is 0. The summed E-state index contributed by atoms with van der Waals surface area (Å²) in [6.45, 7) is 7.15. The van der Waals surface area contributed by atoms with Crippen LogP contribution in [0.5, 0.6) is 0 Å². The number of ether oxygens (including phenoxy) is 1. The number of carbonyl (C=O) groups is 1. The van der Waals surface area contributed by atoms with Crippen molar-refractivity contribution < 1.29 is 17.9 Å². The van der Waals surface area contributed by atoms with E-state index in [4.69, 9.17) is 4.74 Å². The molecule has 128 valence electrons. The molecule has 0 radical (unpaired) electrons. The Balaban J connectivity index is 2.38. The third-order valence-corrected chi connectivity index (χ3v) is 5.85. The molecule has 1 amide bonds. The molecule has 1 aliphatic heterocycles. The molecule has 2 rings (SSSR count). The zero-order chi connectivity index (χ0) is 17.2. The van der Waals surface area contributed by atoms with E-state index in [1.54, 1.807) is 17.9 Å². The number of nitrogens with one attached hydrogen (secondary N) is 1. The maximum atomic E-state index is 12.7. The van der Waals surface area contributed by atoms with E-state index >= 15 is 0 Å². The Morgan fingerprint density at radius 1 is 1.39 bits per heavy atom. The first-order valence-electron chi connectivity index (χ1n) is 7.75. The van der Waals surface area contributed by atoms with Crippen molar-refractivity contribution in [2.75, 3.05) is 26.7 Å². The van der Waals surface area contributed by atoms with Gasteiger partial charge in [-0.05, 0) is 50.6 Å². The van der Waals surface area contributed by atoms with Crippen LogP contribution in [0.3, 0.4) is 0 Å². The lowest BCUT2D eigenvalue weighted by Gasteiger charge is -2.32. The van der Waals surface area contributed by atoms with E-state index in [0.717, 1.165) is 12.0 Å². The lowest BCUT2D eigenvalue weighted by molar-refractivity contribution is -0.0226. The standard InChI is InChI=1S/C16H24N2O4S/c1-5-14-10-18(6-7-22-14)16(19)13-8-11(2)12(3)15(9-13)23(20,21)17-4/h8-9,14,17H,5-7,10H2,1-4H3/t14-/m0/s1. The van der Waals surface area contributed by atoms with Crippen LogP contribution in [0.25, 0.3) is 0 Å². The van der Waals surface area contributed by atoms with Gasteiger partial charge in [0.1, 0.15) is 0 Å². The second-order valence-electron chi connectivity index (χ2n) is 5.78. The molecule has 1 atom stereocenters. The molecule has 1 fully saturated rings. The van der Waals surface area contributed by atoms with E-state index in [9.17, 15) is 13.2 Å². The zero-order valence-corrected chi connectivity index (χ0v) is 14.9. The number of aryl methyl sites for hydroxylation is 1. The molecule has 7 heteroatoms. The Kier molecular flexibility index (Phi) is 5.44. The molecule has 1 saturated heterocycles. The first-order valence-corrected chi connectivity index (χ1v) is 9.24. The first kappa shape index (κ1) is 17.9. The second-order valence-corrected chi connectivity index (χ2v) is 7.63. The quantitative estimate of drug-likeness (QED) is 0.900. The molecule has 1 aromatic carbocycles. The molecule has 1 aliphatic rings. The maximum absolute atomic E-state index is 12.7. The summed E-state index contributed by atoms with van der Waals surface area (Å²) >= 11 is 0. The van der Waals surface area contributed by atoms with Gasteiger partial charge in [-0.2, -0.15) is 0 Å². The molecular formula is C16H24N2O4S. The van der Waals surface area contributed by atoms with Gasteiger partial charge in [-0.25, -0.2) is 13.1 Å². The highest BCUT2D eigenvalue weighted by Gasteiger charge is 2.26. The number of sulfonamides is 1. The normalized spacial score (nSPS) is 19.0. The summed E-state index contributed by atoms with van der Waals surface area (Å²) in [5.74, 6) is -0.151. The fourth-order valence-electron chi connectivity index (χ4n) is 2.67. The van der Waals surface area contributed by atoms with Crippen LogP contribution in [0.15, 0.2) is 17.0 Å². The summed E-state index contributed by atoms with van der Waals surface area (Å²) in [6, 6.07) is 3.22. The van der Waals surface area contributed by atoms with Gasteiger partial charge in [0.05, 0.1) is 17.6 Å². The van der Waals surface area contributed by atoms with Crippen molar-refractivity contribution in [3.63, 3.8) is 0 Å². The molecule has 0 unspecified atom stereocenters. The highest BCUT2D eigenvalue weighted by molar-refractivity contribution is 7.89. The largest absolute Gasteiger partial charge is 0.375 e. The number of rotatable bonds is 4. The molecule has 1 N–H and O–H groups in total. The lowest BCUT2D eigenvalue weighted by atomic mass is 10.0. The van der Waals surface area contributed by atoms with E-state index in [1.807, 2.05) is 13.8 Å². The van der Waals surface area contributed by atoms with E-state index in [1.165, 1.54) is 13.1 Å². The van der Waals surface area contributed by atoms with E-state index in [-0.39, 0.29) is 16.9 Å². The van der Waals surface area contributed by atoms with Crippen LogP contribution in [-0.2, 0) is 14.8 Å². The van der Waals surface area contributed by atoms with E-state index in [0.29, 0.717) is 30.8 Å². The Labute approximate surface area is 137 Å². The van der Waals surface area contributed by atoms with Crippen molar-refractivity contribution in [3.05, 3.63) is 28.8 Å². The van der Waals surface area contributed by atoms with Crippen molar-refractivity contribution in [1.82, 2.24) is 9.62 Å². The summed E-state index contributed by atoms with van der Waals surface area (Å²) in [4.78, 5) is 14.6. The zero-order valence-electron chi connectivity index (χ0n) is 14.0. The van der Waals surface area contributed by atoms with Crippen LogP contribution >= 0.6 is 0 Å². The second kappa shape index (κ2) is 6.98. The third kappa shape index (κ3) is 3.73. The van der Waals surface area contributed by atoms with Crippen LogP contribution in [0, 0.1) is 13.8 Å². The minimum absolute atomic E-state index is 0.0414. The highest BCUT2D eigenvalue weighted by atomic mass is 32.2. The Morgan fingerprint density at radius 2 is 2.09 bits per heavy atom. The maximum Gasteiger partial charge on any atom is 0.254 e. The van der Waals surface area contributed by atoms with Crippen LogP contribution in [0.1, 0.15) is 34.8 Å². The molecule has 1 aromatic rings. The first-order chi connectivity index (χ1) is 10.8. The monoisotopic (exact) mass is 340 g/mol. The van der Waals surface area contributed by atoms with Gasteiger partial charge in [-0.1, -0.05) is 6.92 Å². The number of nitrogens with zero attached hydrogens (tertiary/aromatic N) is 1. The van der Waals surface area contributed by atoms with Crippen LogP contribution in [-0.4, -0.2) is 52.1 Å². The van der Waals surface area contributed by atoms with Crippen molar-refractivity contribution in [1.29, 1.82) is 0 Å². The van der Waals surface area contributed by atoms with Gasteiger partial charge >= 0.3 is 0 Å². The Morgan fingerprint density at radius 3 is 2.70 bits per heavy atom. The predicted molar refractivity (Wildman–Crippen MR) is 88.1 cm³/mol. The van der Waals surface area contributed by atoms with Crippen molar-refractivity contribution in [2.24, 2.45) is 0 Å². The number of morpholine rings is 1. The lowest BCUT2D eigenvalue weighted by Crippen LogP contribution is -2.45. The minimum Gasteiger partial charge on any atom is -0.375 e. The summed E-state index contributed by atoms with van der Waals surface area (Å²) in [7, 11) is -2.23. The number of benzene rings is 1. The number of hydrogen-bond acceptors (Lipinski definition) is 4. The summed E-state index contributed by atoms with van der Waals surface area (Å²) < 4.78 is 32.2. The van der Waals surface area contributed by atoms with Gasteiger partial charge in [-0.15, -0.1) is 0 Å². The third-order valence-electron chi connectivity index (χ3n) is 4.31. The fourth-order valence-corrected chi connectivity index (χ4v) is 3.74. The fraction of sp³-hybridized carbons (Fsp3) is 0.562. The van der Waals surface area contributed by atoms with Crippen LogP contribution in [0.4, 0.5) is 0 Å². The van der Waals surface area contributed by atoms with Gasteiger partial charge in [-0.3, -0.25) is 4.79 Å². The van der Waals surface area contributed by atoms with E-state index < -0.39 is 10.0 Å². The Hall–Kier alpha value is -1.44. The predicted octanol–water partition coefficient (Wildman–Crippen LogP) is 1.46. The number of amides is 1. The molecule has 0 saturated carbocycles. The molecule has 6 nitrogen and oxygen atoms in total. The molecular weight excluding hydrogens is 316 g/mol. The van der Waals surface area contributed by atoms with Crippen molar-refractivity contribution >= 4 is 15.9 Å². The molecule has 1 heterocycles. The SMILES string of the molecule is CC[C@H]1CN(C(=O)c2cc(C)c(C)c(S(=O)(=O)NC)c2)CCO1. The average Bonchev–Trinajstić information content (AvgIpc) is 2.56. The highest BCUT2D eigenvalue weighted by Crippen LogP contribution is 2.22. The van der Waals surface area contributed by atoms with Gasteiger partial charge in [0.25, 0.3) is 5.91 Å². The topological polar surface area (TPSA) is 75.7 Å². The molecule has 0 aromatic heterocycles. The molecule has 23 heavy (non-hydrogen) atoms. The smallest absolute Gasteiger partial charge is 0.254 e. The van der Waals surface area contributed by atoms with Crippen molar-refractivity contribution in [2.45, 2.75) is 38.2 Å².